The average Bonchev–Trinajstić information content (AvgIpc) is 3.15. The molecule has 0 bridgehead atoms. The van der Waals surface area contributed by atoms with Gasteiger partial charge in [-0.3, -0.25) is 0 Å². The Morgan fingerprint density at radius 1 is 0.931 bits per heavy atom. The van der Waals surface area contributed by atoms with Gasteiger partial charge in [0.2, 0.25) is 0 Å². The van der Waals surface area contributed by atoms with E-state index in [1.165, 1.54) is 36.0 Å². The van der Waals surface area contributed by atoms with Crippen molar-refractivity contribution in [1.29, 1.82) is 0 Å². The Balaban J connectivity index is 1.57. The number of rotatable bonds is 8. The van der Waals surface area contributed by atoms with Crippen molar-refractivity contribution in [2.75, 3.05) is 13.1 Å². The van der Waals surface area contributed by atoms with Crippen LogP contribution in [0.5, 0.6) is 0 Å². The molecule has 1 fully saturated rings. The molecule has 4 nitrogen and oxygen atoms in total. The van der Waals surface area contributed by atoms with E-state index >= 15 is 0 Å². The zero-order valence-corrected chi connectivity index (χ0v) is 17.5. The highest BCUT2D eigenvalue weighted by atomic mass is 15.3. The lowest BCUT2D eigenvalue weighted by molar-refractivity contribution is 0.334. The molecule has 1 aliphatic rings. The smallest absolute Gasteiger partial charge is 0.137 e. The van der Waals surface area contributed by atoms with Crippen LogP contribution in [-0.4, -0.2) is 27.9 Å². The summed E-state index contributed by atoms with van der Waals surface area (Å²) in [5, 5.41) is 12.7. The quantitative estimate of drug-likeness (QED) is 0.598. The zero-order chi connectivity index (χ0) is 19.9. The van der Waals surface area contributed by atoms with Gasteiger partial charge in [-0.15, -0.1) is 10.2 Å². The molecule has 2 heterocycles. The number of nitrogens with zero attached hydrogens (tertiary/aromatic N) is 3. The summed E-state index contributed by atoms with van der Waals surface area (Å²) in [6.07, 6.45) is 6.73. The third-order valence-electron chi connectivity index (χ3n) is 6.05. The van der Waals surface area contributed by atoms with Crippen LogP contribution in [0.3, 0.4) is 0 Å². The molecular formula is C25H32N4. The highest BCUT2D eigenvalue weighted by molar-refractivity contribution is 5.67. The highest BCUT2D eigenvalue weighted by Crippen LogP contribution is 2.26. The molecule has 2 aromatic carbocycles. The Bertz CT molecular complexity index is 894. The van der Waals surface area contributed by atoms with E-state index in [0.29, 0.717) is 0 Å². The Kier molecular flexibility index (Phi) is 6.73. The van der Waals surface area contributed by atoms with Crippen molar-refractivity contribution in [1.82, 2.24) is 20.1 Å². The van der Waals surface area contributed by atoms with E-state index in [4.69, 9.17) is 0 Å². The number of benzene rings is 2. The maximum atomic E-state index is 4.63. The minimum absolute atomic E-state index is 0.817. The molecule has 1 saturated heterocycles. The summed E-state index contributed by atoms with van der Waals surface area (Å²) in [5.74, 6) is 3.07. The van der Waals surface area contributed by atoms with Gasteiger partial charge in [-0.25, -0.2) is 0 Å². The minimum atomic E-state index is 0.817. The molecule has 1 N–H and O–H groups in total. The third-order valence-corrected chi connectivity index (χ3v) is 6.05. The van der Waals surface area contributed by atoms with Gasteiger partial charge in [-0.1, -0.05) is 61.5 Å². The van der Waals surface area contributed by atoms with Crippen LogP contribution in [0.1, 0.15) is 49.8 Å². The van der Waals surface area contributed by atoms with E-state index < -0.39 is 0 Å². The number of piperidine rings is 1. The van der Waals surface area contributed by atoms with E-state index in [-0.39, 0.29) is 0 Å². The molecule has 0 radical (unpaired) electrons. The molecule has 0 aliphatic carbocycles. The predicted octanol–water partition coefficient (Wildman–Crippen LogP) is 4.88. The van der Waals surface area contributed by atoms with Crippen LogP contribution in [0, 0.1) is 5.92 Å². The van der Waals surface area contributed by atoms with Crippen molar-refractivity contribution in [3.8, 4) is 11.1 Å². The van der Waals surface area contributed by atoms with Crippen molar-refractivity contribution < 1.29 is 0 Å². The monoisotopic (exact) mass is 388 g/mol. The molecule has 0 spiro atoms. The van der Waals surface area contributed by atoms with Crippen LogP contribution in [0.4, 0.5) is 0 Å². The van der Waals surface area contributed by atoms with Gasteiger partial charge >= 0.3 is 0 Å². The Morgan fingerprint density at radius 3 is 2.45 bits per heavy atom. The number of aromatic nitrogens is 3. The Hall–Kier alpha value is -2.46. The van der Waals surface area contributed by atoms with Crippen molar-refractivity contribution >= 4 is 0 Å². The summed E-state index contributed by atoms with van der Waals surface area (Å²) in [7, 11) is 0. The van der Waals surface area contributed by atoms with E-state index in [2.05, 4.69) is 81.6 Å². The first-order valence-electron chi connectivity index (χ1n) is 11.1. The fourth-order valence-electron chi connectivity index (χ4n) is 4.40. The normalized spacial score (nSPS) is 14.9. The molecule has 0 saturated carbocycles. The minimum Gasteiger partial charge on any atom is -0.317 e. The van der Waals surface area contributed by atoms with Gasteiger partial charge in [0, 0.05) is 19.4 Å². The summed E-state index contributed by atoms with van der Waals surface area (Å²) < 4.78 is 2.41. The second-order valence-corrected chi connectivity index (χ2v) is 8.12. The molecule has 29 heavy (non-hydrogen) atoms. The van der Waals surface area contributed by atoms with E-state index in [1.54, 1.807) is 0 Å². The van der Waals surface area contributed by atoms with Crippen molar-refractivity contribution in [3.63, 3.8) is 0 Å². The summed E-state index contributed by atoms with van der Waals surface area (Å²) in [6, 6.07) is 19.3. The lowest BCUT2D eigenvalue weighted by Crippen LogP contribution is -2.28. The number of hydrogen-bond donors (Lipinski definition) is 1. The summed E-state index contributed by atoms with van der Waals surface area (Å²) in [4.78, 5) is 0. The fraction of sp³-hybridized carbons (Fsp3) is 0.440. The second-order valence-electron chi connectivity index (χ2n) is 8.12. The molecule has 0 unspecified atom stereocenters. The Labute approximate surface area is 174 Å². The number of nitrogens with one attached hydrogen (secondary N) is 1. The summed E-state index contributed by atoms with van der Waals surface area (Å²) >= 11 is 0. The first-order valence-corrected chi connectivity index (χ1v) is 11.1. The first kappa shape index (κ1) is 19.8. The lowest BCUT2D eigenvalue weighted by Gasteiger charge is -2.23. The van der Waals surface area contributed by atoms with Gasteiger partial charge in [-0.05, 0) is 61.4 Å². The van der Waals surface area contributed by atoms with Crippen LogP contribution < -0.4 is 5.32 Å². The maximum absolute atomic E-state index is 4.63. The SMILES string of the molecule is CCCc1nnc(Cc2ccccc2-c2ccccc2)n1CCC1CCNCC1. The molecule has 1 aliphatic heterocycles. The van der Waals surface area contributed by atoms with E-state index in [9.17, 15) is 0 Å². The largest absolute Gasteiger partial charge is 0.317 e. The standard InChI is InChI=1S/C25H32N4/c1-2-8-24-27-28-25(29(24)18-15-20-13-16-26-17-14-20)19-22-11-6-7-12-23(22)21-9-4-3-5-10-21/h3-7,9-12,20,26H,2,8,13-19H2,1H3. The van der Waals surface area contributed by atoms with Crippen LogP contribution in [0.2, 0.25) is 0 Å². The van der Waals surface area contributed by atoms with Gasteiger partial charge in [0.1, 0.15) is 11.6 Å². The van der Waals surface area contributed by atoms with Crippen LogP contribution in [0.25, 0.3) is 11.1 Å². The first-order chi connectivity index (χ1) is 14.3. The second kappa shape index (κ2) is 9.84. The van der Waals surface area contributed by atoms with Gasteiger partial charge in [-0.2, -0.15) is 0 Å². The van der Waals surface area contributed by atoms with Gasteiger partial charge in [0.25, 0.3) is 0 Å². The van der Waals surface area contributed by atoms with E-state index in [0.717, 1.165) is 56.5 Å². The fourth-order valence-corrected chi connectivity index (χ4v) is 4.40. The van der Waals surface area contributed by atoms with Crippen LogP contribution in [-0.2, 0) is 19.4 Å². The average molecular weight is 389 g/mol. The van der Waals surface area contributed by atoms with Crippen molar-refractivity contribution in [3.05, 3.63) is 71.8 Å². The molecule has 0 atom stereocenters. The highest BCUT2D eigenvalue weighted by Gasteiger charge is 2.17. The number of hydrogen-bond acceptors (Lipinski definition) is 3. The van der Waals surface area contributed by atoms with Gasteiger partial charge in [0.05, 0.1) is 0 Å². The van der Waals surface area contributed by atoms with Gasteiger partial charge in [0.15, 0.2) is 0 Å². The molecule has 1 aromatic heterocycles. The number of aryl methyl sites for hydroxylation is 1. The maximum Gasteiger partial charge on any atom is 0.137 e. The third kappa shape index (κ3) is 4.94. The molecule has 4 heteroatoms. The van der Waals surface area contributed by atoms with Crippen LogP contribution >= 0.6 is 0 Å². The zero-order valence-electron chi connectivity index (χ0n) is 17.5. The molecule has 152 valence electrons. The van der Waals surface area contributed by atoms with Crippen LogP contribution in [0.15, 0.2) is 54.6 Å². The molecule has 3 aromatic rings. The Morgan fingerprint density at radius 2 is 1.66 bits per heavy atom. The summed E-state index contributed by atoms with van der Waals surface area (Å²) in [6.45, 7) is 5.57. The topological polar surface area (TPSA) is 42.7 Å². The van der Waals surface area contributed by atoms with Gasteiger partial charge < -0.3 is 9.88 Å². The van der Waals surface area contributed by atoms with Crippen molar-refractivity contribution in [2.24, 2.45) is 5.92 Å². The van der Waals surface area contributed by atoms with E-state index in [1.807, 2.05) is 0 Å². The molecule has 4 rings (SSSR count). The molecule has 0 amide bonds. The summed E-state index contributed by atoms with van der Waals surface area (Å²) in [5.41, 5.74) is 3.87. The predicted molar refractivity (Wildman–Crippen MR) is 119 cm³/mol. The lowest BCUT2D eigenvalue weighted by atomic mass is 9.94. The molecular weight excluding hydrogens is 356 g/mol. The van der Waals surface area contributed by atoms with Crippen molar-refractivity contribution in [2.45, 2.75) is 52.0 Å².